The maximum absolute atomic E-state index is 5.80. The number of benzene rings is 1. The van der Waals surface area contributed by atoms with E-state index in [1.54, 1.807) is 4.68 Å². The lowest BCUT2D eigenvalue weighted by Gasteiger charge is -2.26. The van der Waals surface area contributed by atoms with Crippen LogP contribution in [0.3, 0.4) is 0 Å². The summed E-state index contributed by atoms with van der Waals surface area (Å²) < 4.78 is 7.44. The summed E-state index contributed by atoms with van der Waals surface area (Å²) in [5.41, 5.74) is 6.90. The molecule has 1 fully saturated rings. The molecule has 2 aromatic rings. The van der Waals surface area contributed by atoms with Gasteiger partial charge in [-0.05, 0) is 50.0 Å². The number of rotatable bonds is 8. The van der Waals surface area contributed by atoms with E-state index in [0.29, 0.717) is 12.6 Å². The number of hydrogen-bond acceptors (Lipinski definition) is 6. The molecule has 1 aliphatic heterocycles. The Morgan fingerprint density at radius 2 is 1.92 bits per heavy atom. The van der Waals surface area contributed by atoms with E-state index in [0.717, 1.165) is 25.3 Å². The van der Waals surface area contributed by atoms with Crippen LogP contribution >= 0.6 is 0 Å². The summed E-state index contributed by atoms with van der Waals surface area (Å²) in [5.74, 6) is 1.88. The molecule has 2 heterocycles. The van der Waals surface area contributed by atoms with Crippen molar-refractivity contribution in [3.05, 3.63) is 29.8 Å². The van der Waals surface area contributed by atoms with Gasteiger partial charge in [0.1, 0.15) is 5.75 Å². The van der Waals surface area contributed by atoms with Crippen molar-refractivity contribution in [2.75, 3.05) is 37.3 Å². The van der Waals surface area contributed by atoms with Crippen LogP contribution in [0.5, 0.6) is 5.75 Å². The Kier molecular flexibility index (Phi) is 6.11. The van der Waals surface area contributed by atoms with Crippen LogP contribution in [-0.2, 0) is 13.6 Å². The number of nitrogens with one attached hydrogen (secondary N) is 1. The number of nitrogens with two attached hydrogens (primary N) is 1. The monoisotopic (exact) mass is 344 g/mol. The minimum atomic E-state index is 0.283. The Balaban J connectivity index is 1.35. The Hall–Kier alpha value is -2.28. The number of aryl methyl sites for hydroxylation is 1. The molecule has 3 rings (SSSR count). The number of aromatic nitrogens is 3. The van der Waals surface area contributed by atoms with Gasteiger partial charge in [-0.2, -0.15) is 4.98 Å². The zero-order valence-electron chi connectivity index (χ0n) is 14.9. The number of ether oxygens (including phenoxy) is 1. The van der Waals surface area contributed by atoms with Crippen LogP contribution in [0.15, 0.2) is 24.3 Å². The predicted molar refractivity (Wildman–Crippen MR) is 99.6 cm³/mol. The Labute approximate surface area is 149 Å². The fourth-order valence-electron chi connectivity index (χ4n) is 3.09. The average molecular weight is 344 g/mol. The standard InChI is InChI=1S/C18H28N6O/c1-23-18(21-17(19)22-23)20-10-5-13-25-16-8-6-15(7-9-16)14-24-11-3-2-4-12-24/h6-9H,2-5,10-14H2,1H3,(H3,19,20,21,22). The van der Waals surface area contributed by atoms with Gasteiger partial charge in [-0.25, -0.2) is 4.68 Å². The third-order valence-electron chi connectivity index (χ3n) is 4.43. The smallest absolute Gasteiger partial charge is 0.241 e. The second-order valence-corrected chi connectivity index (χ2v) is 6.53. The highest BCUT2D eigenvalue weighted by atomic mass is 16.5. The van der Waals surface area contributed by atoms with Gasteiger partial charge in [0.15, 0.2) is 0 Å². The molecule has 7 heteroatoms. The Morgan fingerprint density at radius 3 is 2.60 bits per heavy atom. The van der Waals surface area contributed by atoms with Crippen LogP contribution in [0.1, 0.15) is 31.2 Å². The number of hydrogen-bond donors (Lipinski definition) is 2. The molecule has 1 aromatic heterocycles. The van der Waals surface area contributed by atoms with Crippen LogP contribution in [0.25, 0.3) is 0 Å². The second kappa shape index (κ2) is 8.71. The van der Waals surface area contributed by atoms with Gasteiger partial charge < -0.3 is 15.8 Å². The molecular weight excluding hydrogens is 316 g/mol. The molecule has 0 amide bonds. The Morgan fingerprint density at radius 1 is 1.16 bits per heavy atom. The van der Waals surface area contributed by atoms with Crippen molar-refractivity contribution in [1.82, 2.24) is 19.7 Å². The van der Waals surface area contributed by atoms with Crippen molar-refractivity contribution < 1.29 is 4.74 Å². The van der Waals surface area contributed by atoms with E-state index >= 15 is 0 Å². The van der Waals surface area contributed by atoms with Gasteiger partial charge >= 0.3 is 0 Å². The fourth-order valence-corrected chi connectivity index (χ4v) is 3.09. The van der Waals surface area contributed by atoms with E-state index < -0.39 is 0 Å². The zero-order chi connectivity index (χ0) is 17.5. The molecule has 0 radical (unpaired) electrons. The van der Waals surface area contributed by atoms with Crippen LogP contribution in [-0.4, -0.2) is 45.9 Å². The molecule has 1 saturated heterocycles. The SMILES string of the molecule is Cn1nc(N)nc1NCCCOc1ccc(CN2CCCCC2)cc1. The minimum absolute atomic E-state index is 0.283. The lowest BCUT2D eigenvalue weighted by molar-refractivity contribution is 0.221. The number of anilines is 2. The summed E-state index contributed by atoms with van der Waals surface area (Å²) in [6, 6.07) is 8.47. The first-order valence-corrected chi connectivity index (χ1v) is 9.05. The molecule has 0 bridgehead atoms. The molecule has 25 heavy (non-hydrogen) atoms. The van der Waals surface area contributed by atoms with Gasteiger partial charge in [-0.1, -0.05) is 18.6 Å². The van der Waals surface area contributed by atoms with Crippen LogP contribution in [0, 0.1) is 0 Å². The highest BCUT2D eigenvalue weighted by Gasteiger charge is 2.10. The van der Waals surface area contributed by atoms with Gasteiger partial charge in [0, 0.05) is 20.1 Å². The van der Waals surface area contributed by atoms with Gasteiger partial charge in [-0.15, -0.1) is 5.10 Å². The first-order valence-electron chi connectivity index (χ1n) is 9.05. The fraction of sp³-hybridized carbons (Fsp3) is 0.556. The summed E-state index contributed by atoms with van der Waals surface area (Å²) in [7, 11) is 1.81. The molecule has 0 aliphatic carbocycles. The van der Waals surface area contributed by atoms with Gasteiger partial charge in [0.2, 0.25) is 11.9 Å². The van der Waals surface area contributed by atoms with Crippen LogP contribution in [0.2, 0.25) is 0 Å². The number of nitrogen functional groups attached to an aromatic ring is 1. The number of piperidine rings is 1. The van der Waals surface area contributed by atoms with Crippen LogP contribution < -0.4 is 15.8 Å². The van der Waals surface area contributed by atoms with E-state index in [9.17, 15) is 0 Å². The quantitative estimate of drug-likeness (QED) is 0.715. The van der Waals surface area contributed by atoms with E-state index in [1.165, 1.54) is 37.9 Å². The van der Waals surface area contributed by atoms with Crippen LogP contribution in [0.4, 0.5) is 11.9 Å². The third kappa shape index (κ3) is 5.35. The topological polar surface area (TPSA) is 81.2 Å². The largest absolute Gasteiger partial charge is 0.494 e. The molecule has 0 atom stereocenters. The molecular formula is C18H28N6O. The lowest BCUT2D eigenvalue weighted by Crippen LogP contribution is -2.28. The molecule has 3 N–H and O–H groups in total. The van der Waals surface area contributed by atoms with Crippen molar-refractivity contribution in [3.63, 3.8) is 0 Å². The van der Waals surface area contributed by atoms with Crippen molar-refractivity contribution in [2.45, 2.75) is 32.2 Å². The molecule has 0 unspecified atom stereocenters. The minimum Gasteiger partial charge on any atom is -0.494 e. The molecule has 7 nitrogen and oxygen atoms in total. The van der Waals surface area contributed by atoms with Gasteiger partial charge in [0.05, 0.1) is 6.61 Å². The molecule has 1 aliphatic rings. The first-order chi connectivity index (χ1) is 12.2. The van der Waals surface area contributed by atoms with Crippen molar-refractivity contribution in [3.8, 4) is 5.75 Å². The van der Waals surface area contributed by atoms with Crippen molar-refractivity contribution in [2.24, 2.45) is 7.05 Å². The summed E-state index contributed by atoms with van der Waals surface area (Å²) >= 11 is 0. The summed E-state index contributed by atoms with van der Waals surface area (Å²) in [6.45, 7) is 4.92. The normalized spacial score (nSPS) is 15.2. The van der Waals surface area contributed by atoms with Gasteiger partial charge in [0.25, 0.3) is 0 Å². The third-order valence-corrected chi connectivity index (χ3v) is 4.43. The van der Waals surface area contributed by atoms with Gasteiger partial charge in [-0.3, -0.25) is 4.90 Å². The molecule has 1 aromatic carbocycles. The maximum atomic E-state index is 5.80. The maximum Gasteiger partial charge on any atom is 0.241 e. The summed E-state index contributed by atoms with van der Waals surface area (Å²) in [4.78, 5) is 6.63. The first kappa shape index (κ1) is 17.5. The zero-order valence-corrected chi connectivity index (χ0v) is 14.9. The molecule has 0 saturated carbocycles. The average Bonchev–Trinajstić information content (AvgIpc) is 2.94. The van der Waals surface area contributed by atoms with E-state index in [2.05, 4.69) is 44.6 Å². The summed E-state index contributed by atoms with van der Waals surface area (Å²) in [6.07, 6.45) is 4.91. The number of likely N-dealkylation sites (tertiary alicyclic amines) is 1. The Bertz CT molecular complexity index is 648. The van der Waals surface area contributed by atoms with E-state index in [1.807, 2.05) is 7.05 Å². The highest BCUT2D eigenvalue weighted by molar-refractivity contribution is 5.31. The molecule has 136 valence electrons. The summed E-state index contributed by atoms with van der Waals surface area (Å²) in [5, 5.41) is 7.19. The van der Waals surface area contributed by atoms with Crippen molar-refractivity contribution >= 4 is 11.9 Å². The second-order valence-electron chi connectivity index (χ2n) is 6.53. The predicted octanol–water partition coefficient (Wildman–Crippen LogP) is 2.26. The number of nitrogens with zero attached hydrogens (tertiary/aromatic N) is 4. The highest BCUT2D eigenvalue weighted by Crippen LogP contribution is 2.16. The van der Waals surface area contributed by atoms with Crippen molar-refractivity contribution in [1.29, 1.82) is 0 Å². The van der Waals surface area contributed by atoms with E-state index in [-0.39, 0.29) is 5.95 Å². The van der Waals surface area contributed by atoms with E-state index in [4.69, 9.17) is 10.5 Å². The molecule has 0 spiro atoms. The lowest BCUT2D eigenvalue weighted by atomic mass is 10.1.